The number of furan rings is 1. The quantitative estimate of drug-likeness (QED) is 0.212. The van der Waals surface area contributed by atoms with Gasteiger partial charge in [-0.15, -0.1) is 23.5 Å². The predicted octanol–water partition coefficient (Wildman–Crippen LogP) is 8.87. The zero-order chi connectivity index (χ0) is 27.6. The largest absolute Gasteiger partial charge is 0.493 e. The number of rotatable bonds is 7. The first-order chi connectivity index (χ1) is 19.6. The van der Waals surface area contributed by atoms with Crippen LogP contribution < -0.4 is 14.2 Å². The lowest BCUT2D eigenvalue weighted by atomic mass is 9.83. The van der Waals surface area contributed by atoms with Gasteiger partial charge in [0.25, 0.3) is 0 Å². The third-order valence-corrected chi connectivity index (χ3v) is 10.2. The van der Waals surface area contributed by atoms with E-state index in [0.29, 0.717) is 22.3 Å². The maximum Gasteiger partial charge on any atom is 0.203 e. The van der Waals surface area contributed by atoms with Crippen LogP contribution in [0.1, 0.15) is 29.0 Å². The summed E-state index contributed by atoms with van der Waals surface area (Å²) < 4.78 is 29.6. The van der Waals surface area contributed by atoms with Crippen LogP contribution in [-0.2, 0) is 4.74 Å². The standard InChI is InChI=1S/C32H29ClO5S2/c1-34-27-16-22(17-28(35-2)30(27)36-3)26-18-24(19-5-8-23(33)9-6-19)29(31(38-26)32-39-13-4-14-40-32)21-7-10-25-20(15-21)11-12-37-25/h5-12,15-18,24,32H,4,13-14H2,1-3H3. The van der Waals surface area contributed by atoms with Crippen molar-refractivity contribution in [1.82, 2.24) is 0 Å². The zero-order valence-corrected chi connectivity index (χ0v) is 24.8. The van der Waals surface area contributed by atoms with Crippen molar-refractivity contribution in [3.63, 3.8) is 0 Å². The second-order valence-electron chi connectivity index (χ2n) is 9.45. The molecule has 1 fully saturated rings. The van der Waals surface area contributed by atoms with E-state index in [2.05, 4.69) is 30.3 Å². The molecule has 3 aromatic carbocycles. The summed E-state index contributed by atoms with van der Waals surface area (Å²) >= 11 is 10.2. The Morgan fingerprint density at radius 1 is 0.825 bits per heavy atom. The summed E-state index contributed by atoms with van der Waals surface area (Å²) in [6.07, 6.45) is 5.10. The molecular formula is C32H29ClO5S2. The lowest BCUT2D eigenvalue weighted by Gasteiger charge is -2.33. The molecule has 2 aliphatic heterocycles. The Hall–Kier alpha value is -3.13. The third-order valence-electron chi connectivity index (χ3n) is 7.10. The zero-order valence-electron chi connectivity index (χ0n) is 22.4. The lowest BCUT2D eigenvalue weighted by Crippen LogP contribution is -2.19. The SMILES string of the molecule is COc1cc(C2=CC(c3ccc(Cl)cc3)C(c3ccc4occc4c3)=C(C3SCCCS3)O2)cc(OC)c1OC. The van der Waals surface area contributed by atoms with Crippen LogP contribution >= 0.6 is 35.1 Å². The summed E-state index contributed by atoms with van der Waals surface area (Å²) in [6.45, 7) is 0. The third kappa shape index (κ3) is 5.18. The van der Waals surface area contributed by atoms with E-state index >= 15 is 0 Å². The number of thioether (sulfide) groups is 2. The smallest absolute Gasteiger partial charge is 0.203 e. The summed E-state index contributed by atoms with van der Waals surface area (Å²) in [4.78, 5) is 0. The van der Waals surface area contributed by atoms with Gasteiger partial charge in [0, 0.05) is 27.5 Å². The van der Waals surface area contributed by atoms with E-state index in [1.807, 2.05) is 59.9 Å². The molecule has 5 nitrogen and oxygen atoms in total. The summed E-state index contributed by atoms with van der Waals surface area (Å²) in [5.41, 5.74) is 5.09. The van der Waals surface area contributed by atoms with Crippen LogP contribution in [0.5, 0.6) is 17.2 Å². The first-order valence-corrected chi connectivity index (χ1v) is 15.5. The second-order valence-corrected chi connectivity index (χ2v) is 12.6. The van der Waals surface area contributed by atoms with Crippen LogP contribution in [0.3, 0.4) is 0 Å². The number of allylic oxidation sites excluding steroid dienone is 2. The van der Waals surface area contributed by atoms with Crippen molar-refractivity contribution >= 4 is 57.4 Å². The Kier molecular flexibility index (Phi) is 7.96. The van der Waals surface area contributed by atoms with Crippen LogP contribution in [-0.4, -0.2) is 37.4 Å². The average molecular weight is 593 g/mol. The molecule has 6 rings (SSSR count). The van der Waals surface area contributed by atoms with Crippen molar-refractivity contribution in [1.29, 1.82) is 0 Å². The second kappa shape index (κ2) is 11.8. The van der Waals surface area contributed by atoms with Gasteiger partial charge in [-0.2, -0.15) is 0 Å². The Morgan fingerprint density at radius 2 is 1.55 bits per heavy atom. The highest BCUT2D eigenvalue weighted by Crippen LogP contribution is 2.51. The highest BCUT2D eigenvalue weighted by Gasteiger charge is 2.34. The van der Waals surface area contributed by atoms with Gasteiger partial charge in [-0.05, 0) is 77.6 Å². The summed E-state index contributed by atoms with van der Waals surface area (Å²) in [5, 5.41) is 1.76. The van der Waals surface area contributed by atoms with E-state index in [1.54, 1.807) is 27.6 Å². The molecule has 0 amide bonds. The van der Waals surface area contributed by atoms with Crippen LogP contribution in [0.4, 0.5) is 0 Å². The Morgan fingerprint density at radius 3 is 2.23 bits per heavy atom. The number of halogens is 1. The molecule has 206 valence electrons. The Bertz CT molecular complexity index is 1560. The summed E-state index contributed by atoms with van der Waals surface area (Å²) in [6, 6.07) is 20.3. The molecule has 0 saturated carbocycles. The molecule has 3 heterocycles. The molecule has 1 atom stereocenters. The van der Waals surface area contributed by atoms with E-state index in [9.17, 15) is 0 Å². The molecular weight excluding hydrogens is 564 g/mol. The maximum absolute atomic E-state index is 6.92. The molecule has 0 N–H and O–H groups in total. The minimum atomic E-state index is -0.0809. The average Bonchev–Trinajstić information content (AvgIpc) is 3.48. The number of hydrogen-bond acceptors (Lipinski definition) is 7. The first kappa shape index (κ1) is 27.1. The number of hydrogen-bond donors (Lipinski definition) is 0. The highest BCUT2D eigenvalue weighted by molar-refractivity contribution is 8.17. The van der Waals surface area contributed by atoms with Crippen molar-refractivity contribution in [2.45, 2.75) is 16.9 Å². The fourth-order valence-electron chi connectivity index (χ4n) is 5.18. The number of methoxy groups -OCH3 is 3. The van der Waals surface area contributed by atoms with Crippen LogP contribution in [0, 0.1) is 0 Å². The van der Waals surface area contributed by atoms with E-state index in [1.165, 1.54) is 6.42 Å². The van der Waals surface area contributed by atoms with Gasteiger partial charge < -0.3 is 23.4 Å². The van der Waals surface area contributed by atoms with Crippen molar-refractivity contribution < 1.29 is 23.4 Å². The monoisotopic (exact) mass is 592 g/mol. The van der Waals surface area contributed by atoms with Gasteiger partial charge in [0.15, 0.2) is 11.5 Å². The minimum absolute atomic E-state index is 0.0809. The van der Waals surface area contributed by atoms with Crippen molar-refractivity contribution in [2.75, 3.05) is 32.8 Å². The first-order valence-electron chi connectivity index (χ1n) is 13.0. The fraction of sp³-hybridized carbons (Fsp3) is 0.250. The lowest BCUT2D eigenvalue weighted by molar-refractivity contribution is 0.323. The van der Waals surface area contributed by atoms with Crippen LogP contribution in [0.25, 0.3) is 22.3 Å². The Balaban J connectivity index is 1.56. The molecule has 0 bridgehead atoms. The van der Waals surface area contributed by atoms with Gasteiger partial charge >= 0.3 is 0 Å². The maximum atomic E-state index is 6.92. The topological polar surface area (TPSA) is 50.1 Å². The van der Waals surface area contributed by atoms with Gasteiger partial charge in [0.05, 0.1) is 27.6 Å². The van der Waals surface area contributed by atoms with Gasteiger partial charge in [0.2, 0.25) is 5.75 Å². The van der Waals surface area contributed by atoms with E-state index in [0.717, 1.165) is 56.3 Å². The van der Waals surface area contributed by atoms with Gasteiger partial charge in [-0.3, -0.25) is 0 Å². The summed E-state index contributed by atoms with van der Waals surface area (Å²) in [7, 11) is 4.85. The number of benzene rings is 3. The van der Waals surface area contributed by atoms with E-state index < -0.39 is 0 Å². The molecule has 4 aromatic rings. The van der Waals surface area contributed by atoms with Crippen molar-refractivity contribution in [3.05, 3.63) is 100 Å². The van der Waals surface area contributed by atoms with Crippen LogP contribution in [0.2, 0.25) is 5.02 Å². The number of ether oxygens (including phenoxy) is 4. The molecule has 0 spiro atoms. The fourth-order valence-corrected chi connectivity index (χ4v) is 8.15. The molecule has 0 aliphatic carbocycles. The normalized spacial score (nSPS) is 17.9. The molecule has 1 saturated heterocycles. The van der Waals surface area contributed by atoms with Gasteiger partial charge in [-0.1, -0.05) is 29.8 Å². The van der Waals surface area contributed by atoms with Crippen molar-refractivity contribution in [3.8, 4) is 17.2 Å². The molecule has 8 heteroatoms. The van der Waals surface area contributed by atoms with Gasteiger partial charge in [-0.25, -0.2) is 0 Å². The molecule has 40 heavy (non-hydrogen) atoms. The van der Waals surface area contributed by atoms with Gasteiger partial charge in [0.1, 0.15) is 21.7 Å². The number of fused-ring (bicyclic) bond motifs is 1. The predicted molar refractivity (Wildman–Crippen MR) is 166 cm³/mol. The molecule has 2 aliphatic rings. The van der Waals surface area contributed by atoms with Crippen LogP contribution in [0.15, 0.2) is 83.2 Å². The minimum Gasteiger partial charge on any atom is -0.493 e. The highest BCUT2D eigenvalue weighted by atomic mass is 35.5. The molecule has 1 unspecified atom stereocenters. The Labute approximate surface area is 247 Å². The summed E-state index contributed by atoms with van der Waals surface area (Å²) in [5.74, 6) is 5.50. The van der Waals surface area contributed by atoms with E-state index in [4.69, 9.17) is 35.0 Å². The molecule has 0 radical (unpaired) electrons. The van der Waals surface area contributed by atoms with Crippen molar-refractivity contribution in [2.24, 2.45) is 0 Å². The molecule has 1 aromatic heterocycles. The van der Waals surface area contributed by atoms with E-state index in [-0.39, 0.29) is 10.5 Å².